The second-order valence-electron chi connectivity index (χ2n) is 6.84. The zero-order valence-corrected chi connectivity index (χ0v) is 15.6. The van der Waals surface area contributed by atoms with Gasteiger partial charge in [-0.1, -0.05) is 12.8 Å². The number of thiophene rings is 1. The Labute approximate surface area is 156 Å². The molecule has 2 aromatic heterocycles. The molecule has 2 aliphatic rings. The van der Waals surface area contributed by atoms with Crippen LogP contribution in [-0.4, -0.2) is 41.0 Å². The summed E-state index contributed by atoms with van der Waals surface area (Å²) in [5.41, 5.74) is 0.629. The normalized spacial score (nSPS) is 18.0. The van der Waals surface area contributed by atoms with Crippen molar-refractivity contribution in [1.29, 1.82) is 0 Å². The van der Waals surface area contributed by atoms with Crippen molar-refractivity contribution >= 4 is 34.8 Å². The number of urea groups is 1. The Morgan fingerprint density at radius 2 is 2.00 bits per heavy atom. The number of aryl methyl sites for hydroxylation is 1. The van der Waals surface area contributed by atoms with E-state index in [1.807, 2.05) is 24.0 Å². The summed E-state index contributed by atoms with van der Waals surface area (Å²) in [6, 6.07) is 7.78. The third kappa shape index (κ3) is 3.31. The summed E-state index contributed by atoms with van der Waals surface area (Å²) in [6.07, 6.45) is 6.26. The van der Waals surface area contributed by atoms with E-state index in [0.29, 0.717) is 29.0 Å². The second kappa shape index (κ2) is 7.07. The molecular formula is C19H22N4O2S. The Morgan fingerprint density at radius 1 is 1.19 bits per heavy atom. The summed E-state index contributed by atoms with van der Waals surface area (Å²) >= 11 is 1.46. The lowest BCUT2D eigenvalue weighted by atomic mass is 10.2. The van der Waals surface area contributed by atoms with E-state index in [1.165, 1.54) is 24.2 Å². The predicted molar refractivity (Wildman–Crippen MR) is 103 cm³/mol. The third-order valence-electron chi connectivity index (χ3n) is 5.05. The molecule has 0 atom stereocenters. The van der Waals surface area contributed by atoms with E-state index in [-0.39, 0.29) is 11.9 Å². The summed E-state index contributed by atoms with van der Waals surface area (Å²) in [6.45, 7) is 3.41. The second-order valence-corrected chi connectivity index (χ2v) is 8.12. The van der Waals surface area contributed by atoms with Crippen molar-refractivity contribution in [3.8, 4) is 0 Å². The van der Waals surface area contributed by atoms with Crippen LogP contribution < -0.4 is 10.2 Å². The van der Waals surface area contributed by atoms with Crippen LogP contribution in [0.1, 0.15) is 40.2 Å². The molecule has 26 heavy (non-hydrogen) atoms. The highest BCUT2D eigenvalue weighted by Crippen LogP contribution is 2.28. The van der Waals surface area contributed by atoms with Crippen molar-refractivity contribution in [3.63, 3.8) is 0 Å². The van der Waals surface area contributed by atoms with Gasteiger partial charge in [0.15, 0.2) is 0 Å². The van der Waals surface area contributed by atoms with Gasteiger partial charge in [-0.15, -0.1) is 11.3 Å². The van der Waals surface area contributed by atoms with Crippen LogP contribution in [-0.2, 0) is 0 Å². The minimum absolute atomic E-state index is 0.0512. The fourth-order valence-electron chi connectivity index (χ4n) is 3.69. The minimum atomic E-state index is -0.137. The van der Waals surface area contributed by atoms with E-state index in [9.17, 15) is 9.59 Å². The number of anilines is 2. The van der Waals surface area contributed by atoms with Crippen molar-refractivity contribution in [3.05, 3.63) is 40.2 Å². The molecule has 7 heteroatoms. The molecular weight excluding hydrogens is 348 g/mol. The van der Waals surface area contributed by atoms with Gasteiger partial charge >= 0.3 is 6.03 Å². The first kappa shape index (κ1) is 17.0. The van der Waals surface area contributed by atoms with Gasteiger partial charge in [-0.3, -0.25) is 9.69 Å². The Balaban J connectivity index is 1.41. The first-order valence-electron chi connectivity index (χ1n) is 9.04. The van der Waals surface area contributed by atoms with Gasteiger partial charge in [0, 0.05) is 24.0 Å². The lowest BCUT2D eigenvalue weighted by molar-refractivity contribution is 0.103. The van der Waals surface area contributed by atoms with Gasteiger partial charge in [0.2, 0.25) is 0 Å². The number of carbonyl (C=O) groups excluding carboxylic acids is 2. The number of hydrogen-bond acceptors (Lipinski definition) is 4. The first-order valence-corrected chi connectivity index (χ1v) is 9.85. The van der Waals surface area contributed by atoms with Crippen LogP contribution in [0, 0.1) is 6.92 Å². The van der Waals surface area contributed by atoms with Crippen LogP contribution in [0.5, 0.6) is 0 Å². The molecule has 0 radical (unpaired) electrons. The van der Waals surface area contributed by atoms with Crippen molar-refractivity contribution in [2.75, 3.05) is 23.3 Å². The third-order valence-corrected chi connectivity index (χ3v) is 6.05. The average molecular weight is 370 g/mol. The lowest BCUT2D eigenvalue weighted by Gasteiger charge is -2.23. The van der Waals surface area contributed by atoms with Gasteiger partial charge in [0.1, 0.15) is 5.82 Å². The van der Waals surface area contributed by atoms with E-state index in [1.54, 1.807) is 23.2 Å². The van der Waals surface area contributed by atoms with E-state index in [2.05, 4.69) is 10.3 Å². The monoisotopic (exact) mass is 370 g/mol. The number of nitrogens with one attached hydrogen (secondary N) is 1. The smallest absolute Gasteiger partial charge is 0.320 e. The number of pyridine rings is 1. The summed E-state index contributed by atoms with van der Waals surface area (Å²) in [5.74, 6) is 0.503. The first-order chi connectivity index (χ1) is 12.6. The quantitative estimate of drug-likeness (QED) is 0.888. The maximum absolute atomic E-state index is 12.7. The molecule has 1 saturated carbocycles. The average Bonchev–Trinajstić information content (AvgIpc) is 3.37. The fraction of sp³-hybridized carbons (Fsp3) is 0.421. The molecule has 1 aliphatic carbocycles. The number of rotatable bonds is 4. The van der Waals surface area contributed by atoms with Gasteiger partial charge in [-0.2, -0.15) is 0 Å². The van der Waals surface area contributed by atoms with Gasteiger partial charge in [0.25, 0.3) is 5.91 Å². The Hall–Kier alpha value is -2.41. The summed E-state index contributed by atoms with van der Waals surface area (Å²) in [7, 11) is 0. The maximum Gasteiger partial charge on any atom is 0.326 e. The molecule has 6 nitrogen and oxygen atoms in total. The molecule has 1 saturated heterocycles. The minimum Gasteiger partial charge on any atom is -0.320 e. The molecule has 1 aliphatic heterocycles. The van der Waals surface area contributed by atoms with E-state index >= 15 is 0 Å². The molecule has 0 bridgehead atoms. The highest BCUT2D eigenvalue weighted by molar-refractivity contribution is 7.14. The zero-order valence-electron chi connectivity index (χ0n) is 14.8. The van der Waals surface area contributed by atoms with Crippen LogP contribution in [0.2, 0.25) is 0 Å². The number of nitrogens with zero attached hydrogens (tertiary/aromatic N) is 3. The van der Waals surface area contributed by atoms with Gasteiger partial charge in [-0.25, -0.2) is 9.78 Å². The Morgan fingerprint density at radius 3 is 2.65 bits per heavy atom. The SMILES string of the molecule is Cc1ccc(C(=O)Nc2ccc(N3CCN(C4CCCC4)C3=O)nc2)s1. The summed E-state index contributed by atoms with van der Waals surface area (Å²) in [5, 5.41) is 2.85. The topological polar surface area (TPSA) is 65.5 Å². The Bertz CT molecular complexity index is 811. The molecule has 136 valence electrons. The molecule has 3 heterocycles. The van der Waals surface area contributed by atoms with Crippen LogP contribution in [0.3, 0.4) is 0 Å². The summed E-state index contributed by atoms with van der Waals surface area (Å²) in [4.78, 5) is 34.8. The Kier molecular flexibility index (Phi) is 4.63. The highest BCUT2D eigenvalue weighted by Gasteiger charge is 2.36. The molecule has 2 aromatic rings. The number of aromatic nitrogens is 1. The summed E-state index contributed by atoms with van der Waals surface area (Å²) < 4.78 is 0. The van der Waals surface area contributed by atoms with Crippen LogP contribution >= 0.6 is 11.3 Å². The number of carbonyl (C=O) groups is 2. The van der Waals surface area contributed by atoms with Gasteiger partial charge in [0.05, 0.1) is 16.8 Å². The molecule has 3 amide bonds. The zero-order chi connectivity index (χ0) is 18.1. The lowest BCUT2D eigenvalue weighted by Crippen LogP contribution is -2.38. The highest BCUT2D eigenvalue weighted by atomic mass is 32.1. The molecule has 2 fully saturated rings. The largest absolute Gasteiger partial charge is 0.326 e. The van der Waals surface area contributed by atoms with Crippen molar-refractivity contribution in [2.24, 2.45) is 0 Å². The van der Waals surface area contributed by atoms with Crippen LogP contribution in [0.4, 0.5) is 16.3 Å². The predicted octanol–water partition coefficient (Wildman–Crippen LogP) is 3.89. The number of amides is 3. The van der Waals surface area contributed by atoms with E-state index in [4.69, 9.17) is 0 Å². The van der Waals surface area contributed by atoms with Crippen molar-refractivity contribution < 1.29 is 9.59 Å². The fourth-order valence-corrected chi connectivity index (χ4v) is 4.45. The van der Waals surface area contributed by atoms with Gasteiger partial charge in [-0.05, 0) is 44.0 Å². The van der Waals surface area contributed by atoms with E-state index < -0.39 is 0 Å². The maximum atomic E-state index is 12.7. The van der Waals surface area contributed by atoms with Gasteiger partial charge < -0.3 is 10.2 Å². The van der Waals surface area contributed by atoms with Crippen molar-refractivity contribution in [2.45, 2.75) is 38.6 Å². The molecule has 0 spiro atoms. The molecule has 0 unspecified atom stereocenters. The molecule has 4 rings (SSSR count). The molecule has 1 N–H and O–H groups in total. The number of hydrogen-bond donors (Lipinski definition) is 1. The van der Waals surface area contributed by atoms with Crippen molar-refractivity contribution in [1.82, 2.24) is 9.88 Å². The standard InChI is InChI=1S/C19H22N4O2S/c1-13-6-8-16(26-13)18(24)21-14-7-9-17(20-12-14)23-11-10-22(19(23)25)15-4-2-3-5-15/h6-9,12,15H,2-5,10-11H2,1H3,(H,21,24). The van der Waals surface area contributed by atoms with Crippen LogP contribution in [0.25, 0.3) is 0 Å². The molecule has 0 aromatic carbocycles. The van der Waals surface area contributed by atoms with E-state index in [0.717, 1.165) is 24.3 Å². The van der Waals surface area contributed by atoms with Crippen LogP contribution in [0.15, 0.2) is 30.5 Å².